The van der Waals surface area contributed by atoms with E-state index >= 15 is 0 Å². The van der Waals surface area contributed by atoms with Crippen LogP contribution in [-0.4, -0.2) is 53.6 Å². The smallest absolute Gasteiger partial charge is 0.126 e. The lowest BCUT2D eigenvalue weighted by Crippen LogP contribution is -2.49. The van der Waals surface area contributed by atoms with Gasteiger partial charge in [-0.05, 0) is 37.5 Å². The molecule has 0 radical (unpaired) electrons. The summed E-state index contributed by atoms with van der Waals surface area (Å²) in [6.45, 7) is 5.71. The molecule has 1 saturated heterocycles. The van der Waals surface area contributed by atoms with Crippen molar-refractivity contribution in [3.05, 3.63) is 35.1 Å². The maximum atomic E-state index is 13.5. The first-order chi connectivity index (χ1) is 10.0. The Labute approximate surface area is 125 Å². The summed E-state index contributed by atoms with van der Waals surface area (Å²) in [7, 11) is 0. The molecular formula is C16H24FNO3. The van der Waals surface area contributed by atoms with Crippen molar-refractivity contribution in [2.75, 3.05) is 26.3 Å². The quantitative estimate of drug-likeness (QED) is 0.867. The van der Waals surface area contributed by atoms with Gasteiger partial charge in [0.25, 0.3) is 0 Å². The molecule has 1 fully saturated rings. The summed E-state index contributed by atoms with van der Waals surface area (Å²) >= 11 is 0. The Hall–Kier alpha value is -1.01. The molecule has 1 aliphatic rings. The van der Waals surface area contributed by atoms with E-state index < -0.39 is 6.10 Å². The topological polar surface area (TPSA) is 52.9 Å². The molecule has 21 heavy (non-hydrogen) atoms. The molecule has 0 saturated carbocycles. The summed E-state index contributed by atoms with van der Waals surface area (Å²) in [4.78, 5) is 2.19. The van der Waals surface area contributed by atoms with Crippen LogP contribution >= 0.6 is 0 Å². The van der Waals surface area contributed by atoms with Crippen LogP contribution in [0.2, 0.25) is 0 Å². The van der Waals surface area contributed by atoms with Gasteiger partial charge in [0.05, 0.1) is 25.4 Å². The second kappa shape index (κ2) is 7.31. The molecule has 3 atom stereocenters. The van der Waals surface area contributed by atoms with Gasteiger partial charge in [-0.3, -0.25) is 4.90 Å². The number of rotatable bonds is 5. The van der Waals surface area contributed by atoms with E-state index in [0.29, 0.717) is 37.2 Å². The van der Waals surface area contributed by atoms with E-state index in [0.717, 1.165) is 0 Å². The molecule has 3 unspecified atom stereocenters. The standard InChI is InChI=1S/C16H24FNO3/c1-11-3-4-13(7-15(11)17)16(20)5-6-18-8-14(9-19)21-10-12(18)2/h3-4,7,12,14,16,19-20H,5-6,8-10H2,1-2H3. The molecule has 0 amide bonds. The second-order valence-electron chi connectivity index (χ2n) is 5.79. The molecule has 1 aromatic rings. The van der Waals surface area contributed by atoms with Gasteiger partial charge in [-0.25, -0.2) is 4.39 Å². The van der Waals surface area contributed by atoms with E-state index in [1.54, 1.807) is 19.1 Å². The predicted octanol–water partition coefficient (Wildman–Crippen LogP) is 1.64. The molecule has 2 N–H and O–H groups in total. The monoisotopic (exact) mass is 297 g/mol. The number of hydrogen-bond acceptors (Lipinski definition) is 4. The SMILES string of the molecule is Cc1ccc(C(O)CCN2CC(CO)OCC2C)cc1F. The third kappa shape index (κ3) is 4.23. The number of benzene rings is 1. The Morgan fingerprint density at radius 2 is 2.24 bits per heavy atom. The van der Waals surface area contributed by atoms with Crippen molar-refractivity contribution < 1.29 is 19.3 Å². The lowest BCUT2D eigenvalue weighted by Gasteiger charge is -2.37. The molecule has 0 aliphatic carbocycles. The van der Waals surface area contributed by atoms with Crippen LogP contribution in [0.5, 0.6) is 0 Å². The molecule has 118 valence electrons. The minimum Gasteiger partial charge on any atom is -0.394 e. The number of nitrogens with zero attached hydrogens (tertiary/aromatic N) is 1. The van der Waals surface area contributed by atoms with Gasteiger partial charge in [0, 0.05) is 19.1 Å². The first-order valence-electron chi connectivity index (χ1n) is 7.42. The van der Waals surface area contributed by atoms with Gasteiger partial charge in [0.2, 0.25) is 0 Å². The van der Waals surface area contributed by atoms with E-state index in [1.807, 2.05) is 0 Å². The van der Waals surface area contributed by atoms with Crippen LogP contribution in [-0.2, 0) is 4.74 Å². The summed E-state index contributed by atoms with van der Waals surface area (Å²) in [5.41, 5.74) is 1.19. The average molecular weight is 297 g/mol. The second-order valence-corrected chi connectivity index (χ2v) is 5.79. The highest BCUT2D eigenvalue weighted by molar-refractivity contribution is 5.24. The minimum absolute atomic E-state index is 0.00888. The minimum atomic E-state index is -0.678. The van der Waals surface area contributed by atoms with Crippen molar-refractivity contribution in [1.29, 1.82) is 0 Å². The summed E-state index contributed by atoms with van der Waals surface area (Å²) in [5.74, 6) is -0.286. The fourth-order valence-corrected chi connectivity index (χ4v) is 2.57. The van der Waals surface area contributed by atoms with Crippen molar-refractivity contribution in [1.82, 2.24) is 4.90 Å². The number of ether oxygens (including phenoxy) is 1. The van der Waals surface area contributed by atoms with Gasteiger partial charge in [-0.1, -0.05) is 12.1 Å². The van der Waals surface area contributed by atoms with Crippen LogP contribution in [0.15, 0.2) is 18.2 Å². The van der Waals surface area contributed by atoms with Gasteiger partial charge in [0.15, 0.2) is 0 Å². The van der Waals surface area contributed by atoms with E-state index in [-0.39, 0.29) is 24.6 Å². The zero-order chi connectivity index (χ0) is 15.4. The van der Waals surface area contributed by atoms with Crippen molar-refractivity contribution in [3.63, 3.8) is 0 Å². The molecule has 1 aromatic carbocycles. The Balaban J connectivity index is 1.90. The largest absolute Gasteiger partial charge is 0.394 e. The number of aryl methyl sites for hydroxylation is 1. The molecule has 4 nitrogen and oxygen atoms in total. The molecule has 5 heteroatoms. The molecular weight excluding hydrogens is 273 g/mol. The Morgan fingerprint density at radius 1 is 1.48 bits per heavy atom. The van der Waals surface area contributed by atoms with Gasteiger partial charge < -0.3 is 14.9 Å². The van der Waals surface area contributed by atoms with Crippen LogP contribution in [0.4, 0.5) is 4.39 Å². The van der Waals surface area contributed by atoms with Gasteiger partial charge in [-0.15, -0.1) is 0 Å². The van der Waals surface area contributed by atoms with E-state index in [9.17, 15) is 9.50 Å². The van der Waals surface area contributed by atoms with Gasteiger partial charge in [-0.2, -0.15) is 0 Å². The highest BCUT2D eigenvalue weighted by atomic mass is 19.1. The molecule has 0 aromatic heterocycles. The Kier molecular flexibility index (Phi) is 5.70. The maximum Gasteiger partial charge on any atom is 0.126 e. The molecule has 1 aliphatic heterocycles. The predicted molar refractivity (Wildman–Crippen MR) is 78.6 cm³/mol. The normalized spacial score (nSPS) is 25.0. The van der Waals surface area contributed by atoms with E-state index in [2.05, 4.69) is 11.8 Å². The molecule has 0 bridgehead atoms. The van der Waals surface area contributed by atoms with Gasteiger partial charge >= 0.3 is 0 Å². The zero-order valence-corrected chi connectivity index (χ0v) is 12.6. The zero-order valence-electron chi connectivity index (χ0n) is 12.6. The van der Waals surface area contributed by atoms with Crippen molar-refractivity contribution >= 4 is 0 Å². The van der Waals surface area contributed by atoms with Crippen LogP contribution in [0.25, 0.3) is 0 Å². The van der Waals surface area contributed by atoms with Crippen LogP contribution in [0.1, 0.15) is 30.6 Å². The number of halogens is 1. The number of hydrogen-bond donors (Lipinski definition) is 2. The highest BCUT2D eigenvalue weighted by Gasteiger charge is 2.25. The summed E-state index contributed by atoms with van der Waals surface area (Å²) in [5, 5.41) is 19.4. The lowest BCUT2D eigenvalue weighted by molar-refractivity contribution is -0.0801. The fourth-order valence-electron chi connectivity index (χ4n) is 2.57. The number of aliphatic hydroxyl groups is 2. The molecule has 0 spiro atoms. The number of morpholine rings is 1. The first-order valence-corrected chi connectivity index (χ1v) is 7.42. The van der Waals surface area contributed by atoms with Crippen LogP contribution < -0.4 is 0 Å². The maximum absolute atomic E-state index is 13.5. The third-order valence-corrected chi connectivity index (χ3v) is 4.11. The Bertz CT molecular complexity index is 469. The third-order valence-electron chi connectivity index (χ3n) is 4.11. The van der Waals surface area contributed by atoms with Crippen molar-refractivity contribution in [2.24, 2.45) is 0 Å². The van der Waals surface area contributed by atoms with Crippen LogP contribution in [0, 0.1) is 12.7 Å². The highest BCUT2D eigenvalue weighted by Crippen LogP contribution is 2.21. The first kappa shape index (κ1) is 16.4. The van der Waals surface area contributed by atoms with E-state index in [1.165, 1.54) is 6.07 Å². The van der Waals surface area contributed by atoms with Crippen LogP contribution in [0.3, 0.4) is 0 Å². The molecule has 2 rings (SSSR count). The van der Waals surface area contributed by atoms with Crippen molar-refractivity contribution in [2.45, 2.75) is 38.5 Å². The van der Waals surface area contributed by atoms with Gasteiger partial charge in [0.1, 0.15) is 5.82 Å². The molecule has 1 heterocycles. The number of aliphatic hydroxyl groups excluding tert-OH is 2. The summed E-state index contributed by atoms with van der Waals surface area (Å²) in [6.07, 6.45) is -0.303. The summed E-state index contributed by atoms with van der Waals surface area (Å²) in [6, 6.07) is 5.11. The van der Waals surface area contributed by atoms with E-state index in [4.69, 9.17) is 9.84 Å². The summed E-state index contributed by atoms with van der Waals surface area (Å²) < 4.78 is 19.0. The lowest BCUT2D eigenvalue weighted by atomic mass is 10.0. The Morgan fingerprint density at radius 3 is 2.90 bits per heavy atom. The average Bonchev–Trinajstić information content (AvgIpc) is 2.49. The fraction of sp³-hybridized carbons (Fsp3) is 0.625. The van der Waals surface area contributed by atoms with Crippen molar-refractivity contribution in [3.8, 4) is 0 Å².